The van der Waals surface area contributed by atoms with Crippen LogP contribution >= 0.6 is 0 Å². The molecule has 5 N–H and O–H groups in total. The molecule has 0 radical (unpaired) electrons. The third-order valence-electron chi connectivity index (χ3n) is 4.39. The number of aromatic nitrogens is 2. The molecule has 0 fully saturated rings. The molecule has 0 amide bonds. The summed E-state index contributed by atoms with van der Waals surface area (Å²) in [6.07, 6.45) is -0.929. The van der Waals surface area contributed by atoms with Crippen LogP contribution in [0.25, 0.3) is 0 Å². The Hall–Kier alpha value is -3.89. The summed E-state index contributed by atoms with van der Waals surface area (Å²) < 4.78 is 10.6. The van der Waals surface area contributed by atoms with Crippen molar-refractivity contribution in [1.29, 1.82) is 0 Å². The number of ether oxygens (including phenoxy) is 2. The van der Waals surface area contributed by atoms with Crippen LogP contribution < -0.4 is 16.8 Å². The molecule has 30 heavy (non-hydrogen) atoms. The van der Waals surface area contributed by atoms with Crippen molar-refractivity contribution in [3.8, 4) is 0 Å². The molecule has 1 aliphatic rings. The number of anilines is 3. The number of carbonyl (C=O) groups excluding carboxylic acids is 1. The van der Waals surface area contributed by atoms with Gasteiger partial charge in [-0.1, -0.05) is 32.0 Å². The molecular formula is C19H22N6O5. The number of nitrogen functional groups attached to an aromatic ring is 2. The maximum absolute atomic E-state index is 12.3. The Kier molecular flexibility index (Phi) is 5.72. The van der Waals surface area contributed by atoms with Crippen LogP contribution in [0.2, 0.25) is 0 Å². The van der Waals surface area contributed by atoms with E-state index in [2.05, 4.69) is 15.3 Å². The zero-order chi connectivity index (χ0) is 22.0. The number of hydrogen-bond donors (Lipinski definition) is 3. The van der Waals surface area contributed by atoms with Crippen molar-refractivity contribution in [3.05, 3.63) is 57.0 Å². The normalized spacial score (nSPS) is 15.4. The molecule has 0 saturated heterocycles. The van der Waals surface area contributed by atoms with E-state index in [0.717, 1.165) is 0 Å². The van der Waals surface area contributed by atoms with E-state index in [1.165, 1.54) is 6.07 Å². The Morgan fingerprint density at radius 3 is 2.67 bits per heavy atom. The maximum Gasteiger partial charge on any atom is 0.513 e. The number of fused-ring (bicyclic) bond motifs is 1. The predicted molar refractivity (Wildman–Crippen MR) is 109 cm³/mol. The highest BCUT2D eigenvalue weighted by Crippen LogP contribution is 2.46. The van der Waals surface area contributed by atoms with Gasteiger partial charge in [-0.25, -0.2) is 4.79 Å². The van der Waals surface area contributed by atoms with Crippen molar-refractivity contribution in [2.75, 3.05) is 23.4 Å². The average Bonchev–Trinajstić information content (AvgIpc) is 2.67. The van der Waals surface area contributed by atoms with Gasteiger partial charge in [0.1, 0.15) is 17.4 Å². The number of nitro benzene ring substituents is 1. The molecule has 11 nitrogen and oxygen atoms in total. The molecule has 1 aliphatic heterocycles. The molecule has 1 unspecified atom stereocenters. The zero-order valence-electron chi connectivity index (χ0n) is 16.7. The van der Waals surface area contributed by atoms with Gasteiger partial charge in [0.25, 0.3) is 5.69 Å². The Morgan fingerprint density at radius 1 is 1.30 bits per heavy atom. The summed E-state index contributed by atoms with van der Waals surface area (Å²) in [4.78, 5) is 31.6. The number of allylic oxidation sites excluding steroid dienone is 2. The highest BCUT2D eigenvalue weighted by atomic mass is 16.7. The number of benzene rings is 1. The van der Waals surface area contributed by atoms with E-state index < -0.39 is 17.0 Å². The fourth-order valence-electron chi connectivity index (χ4n) is 3.16. The first-order valence-electron chi connectivity index (χ1n) is 9.17. The molecule has 2 aromatic rings. The monoisotopic (exact) mass is 414 g/mol. The number of nitrogens with one attached hydrogen (secondary N) is 1. The molecule has 11 heteroatoms. The Bertz CT molecular complexity index is 1040. The summed E-state index contributed by atoms with van der Waals surface area (Å²) in [5, 5.41) is 14.6. The van der Waals surface area contributed by atoms with Crippen molar-refractivity contribution in [3.63, 3.8) is 0 Å². The van der Waals surface area contributed by atoms with Gasteiger partial charge in [0.05, 0.1) is 28.7 Å². The highest BCUT2D eigenvalue weighted by Gasteiger charge is 2.38. The summed E-state index contributed by atoms with van der Waals surface area (Å²) >= 11 is 0. The molecule has 1 aromatic carbocycles. The van der Waals surface area contributed by atoms with Crippen molar-refractivity contribution < 1.29 is 19.2 Å². The third kappa shape index (κ3) is 4.09. The van der Waals surface area contributed by atoms with Gasteiger partial charge < -0.3 is 26.3 Å². The lowest BCUT2D eigenvalue weighted by molar-refractivity contribution is -0.385. The number of nitrogens with zero attached hydrogens (tertiary/aromatic N) is 3. The Balaban J connectivity index is 2.15. The fraction of sp³-hybridized carbons (Fsp3) is 0.316. The second-order valence-corrected chi connectivity index (χ2v) is 7.15. The first kappa shape index (κ1) is 20.8. The van der Waals surface area contributed by atoms with Crippen LogP contribution in [-0.4, -0.2) is 27.7 Å². The van der Waals surface area contributed by atoms with Crippen LogP contribution in [0, 0.1) is 16.0 Å². The van der Waals surface area contributed by atoms with Crippen LogP contribution in [0.15, 0.2) is 35.7 Å². The molecule has 1 atom stereocenters. The molecule has 0 aliphatic carbocycles. The minimum absolute atomic E-state index is 0.0114. The highest BCUT2D eigenvalue weighted by molar-refractivity contribution is 5.72. The SMILES string of the molecule is CC1=C(OC(=O)OCC(C)C)C(c2ccccc2[N+](=O)[O-])c2c(N)nc(N)nc2N1. The Morgan fingerprint density at radius 2 is 2.00 bits per heavy atom. The van der Waals surface area contributed by atoms with Gasteiger partial charge in [-0.2, -0.15) is 9.97 Å². The van der Waals surface area contributed by atoms with E-state index in [9.17, 15) is 14.9 Å². The number of nitro groups is 1. The summed E-state index contributed by atoms with van der Waals surface area (Å²) in [5.74, 6) is -0.481. The summed E-state index contributed by atoms with van der Waals surface area (Å²) in [6.45, 7) is 5.57. The predicted octanol–water partition coefficient (Wildman–Crippen LogP) is 3.15. The molecule has 2 heterocycles. The molecule has 0 saturated carbocycles. The number of nitrogens with two attached hydrogens (primary N) is 2. The number of carbonyl (C=O) groups is 1. The topological polar surface area (TPSA) is 169 Å². The van der Waals surface area contributed by atoms with Gasteiger partial charge in [-0.05, 0) is 12.8 Å². The third-order valence-corrected chi connectivity index (χ3v) is 4.39. The quantitative estimate of drug-likeness (QED) is 0.375. The summed E-state index contributed by atoms with van der Waals surface area (Å²) in [7, 11) is 0. The number of para-hydroxylation sites is 1. The number of rotatable bonds is 5. The van der Waals surface area contributed by atoms with Crippen molar-refractivity contribution in [2.24, 2.45) is 5.92 Å². The first-order chi connectivity index (χ1) is 14.2. The van der Waals surface area contributed by atoms with Gasteiger partial charge in [-0.3, -0.25) is 10.1 Å². The van der Waals surface area contributed by atoms with E-state index in [0.29, 0.717) is 11.3 Å². The van der Waals surface area contributed by atoms with E-state index in [1.54, 1.807) is 25.1 Å². The largest absolute Gasteiger partial charge is 0.513 e. The summed E-state index contributed by atoms with van der Waals surface area (Å²) in [5.41, 5.74) is 12.6. The van der Waals surface area contributed by atoms with Crippen LogP contribution in [0.3, 0.4) is 0 Å². The second kappa shape index (κ2) is 8.23. The standard InChI is InChI=1S/C19H22N6O5/c1-9(2)8-29-19(26)30-15-10(3)22-17-14(16(20)23-18(21)24-17)13(15)11-6-4-5-7-12(11)25(27)28/h4-7,9,13H,8H2,1-3H3,(H5,20,21,22,23,24). The van der Waals surface area contributed by atoms with Crippen molar-refractivity contribution in [2.45, 2.75) is 26.7 Å². The molecule has 0 spiro atoms. The van der Waals surface area contributed by atoms with Gasteiger partial charge in [-0.15, -0.1) is 0 Å². The van der Waals surface area contributed by atoms with E-state index in [4.69, 9.17) is 20.9 Å². The lowest BCUT2D eigenvalue weighted by atomic mass is 9.86. The molecule has 3 rings (SSSR count). The minimum atomic E-state index is -0.929. The maximum atomic E-state index is 12.3. The fourth-order valence-corrected chi connectivity index (χ4v) is 3.16. The molecule has 158 valence electrons. The zero-order valence-corrected chi connectivity index (χ0v) is 16.7. The Labute approximate surface area is 172 Å². The smallest absolute Gasteiger partial charge is 0.434 e. The van der Waals surface area contributed by atoms with Crippen molar-refractivity contribution in [1.82, 2.24) is 9.97 Å². The lowest BCUT2D eigenvalue weighted by Crippen LogP contribution is -2.25. The molecular weight excluding hydrogens is 392 g/mol. The number of hydrogen-bond acceptors (Lipinski definition) is 10. The van der Waals surface area contributed by atoms with Crippen LogP contribution in [0.5, 0.6) is 0 Å². The van der Waals surface area contributed by atoms with Gasteiger partial charge in [0, 0.05) is 11.6 Å². The van der Waals surface area contributed by atoms with E-state index in [1.807, 2.05) is 13.8 Å². The molecule has 1 aromatic heterocycles. The van der Waals surface area contributed by atoms with Crippen LogP contribution in [0.1, 0.15) is 37.8 Å². The second-order valence-electron chi connectivity index (χ2n) is 7.15. The van der Waals surface area contributed by atoms with Gasteiger partial charge >= 0.3 is 6.16 Å². The first-order valence-corrected chi connectivity index (χ1v) is 9.17. The minimum Gasteiger partial charge on any atom is -0.434 e. The lowest BCUT2D eigenvalue weighted by Gasteiger charge is -2.29. The van der Waals surface area contributed by atoms with Crippen LogP contribution in [0.4, 0.5) is 28.1 Å². The van der Waals surface area contributed by atoms with E-state index in [-0.39, 0.29) is 47.1 Å². The average molecular weight is 414 g/mol. The van der Waals surface area contributed by atoms with Gasteiger partial charge in [0.2, 0.25) is 5.95 Å². The van der Waals surface area contributed by atoms with Crippen molar-refractivity contribution >= 4 is 29.4 Å². The van der Waals surface area contributed by atoms with Gasteiger partial charge in [0.15, 0.2) is 0 Å². The molecule has 0 bridgehead atoms. The van der Waals surface area contributed by atoms with Crippen LogP contribution in [-0.2, 0) is 9.47 Å². The summed E-state index contributed by atoms with van der Waals surface area (Å²) in [6, 6.07) is 6.10. The van der Waals surface area contributed by atoms with E-state index >= 15 is 0 Å².